The number of nitrogens with zero attached hydrogens (tertiary/aromatic N) is 2. The normalized spacial score (nSPS) is 13.7. The standard InChI is InChI=1S/C12H12N4O2S/c17-19(18,16-10-6-13-8-14-7-10)11-1-2-12-9(5-11)3-4-15-12/h1-2,5-8,15-16H,3-4H2. The lowest BCUT2D eigenvalue weighted by atomic mass is 10.2. The van der Waals surface area contributed by atoms with Crippen LogP contribution in [0.15, 0.2) is 41.8 Å². The molecule has 98 valence electrons. The Balaban J connectivity index is 1.92. The molecule has 1 aliphatic heterocycles. The Bertz CT molecular complexity index is 701. The smallest absolute Gasteiger partial charge is 0.262 e. The van der Waals surface area contributed by atoms with E-state index < -0.39 is 10.0 Å². The molecule has 0 aliphatic carbocycles. The fourth-order valence-electron chi connectivity index (χ4n) is 2.01. The minimum Gasteiger partial charge on any atom is -0.384 e. The maximum atomic E-state index is 12.2. The summed E-state index contributed by atoms with van der Waals surface area (Å²) in [5, 5.41) is 3.19. The molecule has 0 radical (unpaired) electrons. The molecule has 0 amide bonds. The second-order valence-electron chi connectivity index (χ2n) is 4.23. The Morgan fingerprint density at radius 2 is 2.00 bits per heavy atom. The fourth-order valence-corrected chi connectivity index (χ4v) is 3.09. The number of hydrogen-bond acceptors (Lipinski definition) is 5. The first-order valence-electron chi connectivity index (χ1n) is 5.80. The summed E-state index contributed by atoms with van der Waals surface area (Å²) >= 11 is 0. The van der Waals surface area contributed by atoms with E-state index in [0.29, 0.717) is 5.69 Å². The summed E-state index contributed by atoms with van der Waals surface area (Å²) in [4.78, 5) is 7.79. The topological polar surface area (TPSA) is 84.0 Å². The first kappa shape index (κ1) is 11.9. The van der Waals surface area contributed by atoms with Crippen LogP contribution in [0.4, 0.5) is 11.4 Å². The lowest BCUT2D eigenvalue weighted by molar-refractivity contribution is 0.601. The molecular weight excluding hydrogens is 264 g/mol. The predicted octanol–water partition coefficient (Wildman–Crippen LogP) is 1.25. The van der Waals surface area contributed by atoms with Crippen LogP contribution in [0.3, 0.4) is 0 Å². The van der Waals surface area contributed by atoms with Crippen LogP contribution in [0.25, 0.3) is 0 Å². The van der Waals surface area contributed by atoms with Crippen LogP contribution in [0.1, 0.15) is 5.56 Å². The summed E-state index contributed by atoms with van der Waals surface area (Å²) in [5.41, 5.74) is 2.37. The van der Waals surface area contributed by atoms with Crippen LogP contribution in [-0.4, -0.2) is 24.9 Å². The van der Waals surface area contributed by atoms with E-state index >= 15 is 0 Å². The highest BCUT2D eigenvalue weighted by atomic mass is 32.2. The molecule has 6 nitrogen and oxygen atoms in total. The zero-order valence-corrected chi connectivity index (χ0v) is 10.8. The molecule has 0 spiro atoms. The number of benzene rings is 1. The number of sulfonamides is 1. The second-order valence-corrected chi connectivity index (χ2v) is 5.91. The SMILES string of the molecule is O=S(=O)(Nc1cncnc1)c1ccc2c(c1)CCN2. The number of hydrogen-bond donors (Lipinski definition) is 2. The molecule has 0 bridgehead atoms. The predicted molar refractivity (Wildman–Crippen MR) is 71.5 cm³/mol. The van der Waals surface area contributed by atoms with Gasteiger partial charge in [-0.2, -0.15) is 0 Å². The molecule has 0 unspecified atom stereocenters. The van der Waals surface area contributed by atoms with Gasteiger partial charge in [0.25, 0.3) is 10.0 Å². The highest BCUT2D eigenvalue weighted by Gasteiger charge is 2.18. The van der Waals surface area contributed by atoms with Gasteiger partial charge in [-0.15, -0.1) is 0 Å². The van der Waals surface area contributed by atoms with Crippen molar-refractivity contribution in [2.75, 3.05) is 16.6 Å². The molecule has 7 heteroatoms. The van der Waals surface area contributed by atoms with E-state index in [1.54, 1.807) is 18.2 Å². The third-order valence-corrected chi connectivity index (χ3v) is 4.29. The fraction of sp³-hybridized carbons (Fsp3) is 0.167. The van der Waals surface area contributed by atoms with Crippen LogP contribution < -0.4 is 10.0 Å². The van der Waals surface area contributed by atoms with Crippen LogP contribution in [0, 0.1) is 0 Å². The molecule has 0 saturated carbocycles. The third kappa shape index (κ3) is 2.37. The van der Waals surface area contributed by atoms with Crippen molar-refractivity contribution in [1.29, 1.82) is 0 Å². The second kappa shape index (κ2) is 4.51. The minimum absolute atomic E-state index is 0.249. The van der Waals surface area contributed by atoms with Gasteiger partial charge in [-0.1, -0.05) is 0 Å². The molecule has 1 aliphatic rings. The third-order valence-electron chi connectivity index (χ3n) is 2.91. The van der Waals surface area contributed by atoms with E-state index in [2.05, 4.69) is 20.0 Å². The van der Waals surface area contributed by atoms with Crippen molar-refractivity contribution >= 4 is 21.4 Å². The average molecular weight is 276 g/mol. The number of rotatable bonds is 3. The minimum atomic E-state index is -3.59. The molecule has 1 aromatic heterocycles. The van der Waals surface area contributed by atoms with Crippen LogP contribution in [0.5, 0.6) is 0 Å². The van der Waals surface area contributed by atoms with Crippen molar-refractivity contribution in [1.82, 2.24) is 9.97 Å². The van der Waals surface area contributed by atoms with E-state index in [1.807, 2.05) is 0 Å². The molecular formula is C12H12N4O2S. The summed E-state index contributed by atoms with van der Waals surface area (Å²) < 4.78 is 26.9. The van der Waals surface area contributed by atoms with Gasteiger partial charge in [0.2, 0.25) is 0 Å². The van der Waals surface area contributed by atoms with Gasteiger partial charge >= 0.3 is 0 Å². The summed E-state index contributed by atoms with van der Waals surface area (Å²) in [6.07, 6.45) is 5.02. The first-order valence-corrected chi connectivity index (χ1v) is 7.28. The zero-order valence-electron chi connectivity index (χ0n) is 10.00. The molecule has 19 heavy (non-hydrogen) atoms. The van der Waals surface area contributed by atoms with Crippen LogP contribution in [-0.2, 0) is 16.4 Å². The lowest BCUT2D eigenvalue weighted by Crippen LogP contribution is -2.13. The van der Waals surface area contributed by atoms with Crippen molar-refractivity contribution in [3.8, 4) is 0 Å². The van der Waals surface area contributed by atoms with Gasteiger partial charge in [0.15, 0.2) is 0 Å². The largest absolute Gasteiger partial charge is 0.384 e. The summed E-state index contributed by atoms with van der Waals surface area (Å²) in [6, 6.07) is 5.07. The first-order chi connectivity index (χ1) is 9.15. The van der Waals surface area contributed by atoms with Gasteiger partial charge in [0, 0.05) is 12.2 Å². The van der Waals surface area contributed by atoms with Gasteiger partial charge in [-0.25, -0.2) is 18.4 Å². The molecule has 0 saturated heterocycles. The van der Waals surface area contributed by atoms with Crippen LogP contribution >= 0.6 is 0 Å². The van der Waals surface area contributed by atoms with Gasteiger partial charge in [0.1, 0.15) is 6.33 Å². The Labute approximate surface area is 111 Å². The molecule has 0 fully saturated rings. The van der Waals surface area contributed by atoms with Crippen molar-refractivity contribution in [2.24, 2.45) is 0 Å². The Morgan fingerprint density at radius 1 is 1.21 bits per heavy atom. The number of anilines is 2. The van der Waals surface area contributed by atoms with Crippen LogP contribution in [0.2, 0.25) is 0 Å². The van der Waals surface area contributed by atoms with Gasteiger partial charge in [-0.05, 0) is 30.2 Å². The van der Waals surface area contributed by atoms with Crippen molar-refractivity contribution in [3.05, 3.63) is 42.5 Å². The van der Waals surface area contributed by atoms with E-state index in [0.717, 1.165) is 24.2 Å². The van der Waals surface area contributed by atoms with E-state index in [9.17, 15) is 8.42 Å². The molecule has 3 rings (SSSR count). The molecule has 2 N–H and O–H groups in total. The zero-order chi connectivity index (χ0) is 13.3. The van der Waals surface area contributed by atoms with Crippen molar-refractivity contribution in [3.63, 3.8) is 0 Å². The summed E-state index contributed by atoms with van der Waals surface area (Å²) in [5.74, 6) is 0. The Morgan fingerprint density at radius 3 is 2.79 bits per heavy atom. The lowest BCUT2D eigenvalue weighted by Gasteiger charge is -2.08. The maximum Gasteiger partial charge on any atom is 0.262 e. The monoisotopic (exact) mass is 276 g/mol. The molecule has 0 atom stereocenters. The van der Waals surface area contributed by atoms with Crippen molar-refractivity contribution in [2.45, 2.75) is 11.3 Å². The Hall–Kier alpha value is -2.15. The average Bonchev–Trinajstić information content (AvgIpc) is 2.86. The number of aromatic nitrogens is 2. The van der Waals surface area contributed by atoms with Gasteiger partial charge in [-0.3, -0.25) is 4.72 Å². The molecule has 2 heterocycles. The highest BCUT2D eigenvalue weighted by Crippen LogP contribution is 2.25. The van der Waals surface area contributed by atoms with E-state index in [-0.39, 0.29) is 4.90 Å². The van der Waals surface area contributed by atoms with Gasteiger partial charge in [0.05, 0.1) is 23.0 Å². The highest BCUT2D eigenvalue weighted by molar-refractivity contribution is 7.92. The Kier molecular flexibility index (Phi) is 2.83. The van der Waals surface area contributed by atoms with E-state index in [1.165, 1.54) is 18.7 Å². The summed E-state index contributed by atoms with van der Waals surface area (Å²) in [6.45, 7) is 0.846. The van der Waals surface area contributed by atoms with E-state index in [4.69, 9.17) is 0 Å². The number of fused-ring (bicyclic) bond motifs is 1. The molecule has 1 aromatic carbocycles. The summed E-state index contributed by atoms with van der Waals surface area (Å²) in [7, 11) is -3.59. The number of nitrogens with one attached hydrogen (secondary N) is 2. The molecule has 2 aromatic rings. The maximum absolute atomic E-state index is 12.2. The van der Waals surface area contributed by atoms with Crippen molar-refractivity contribution < 1.29 is 8.42 Å². The quantitative estimate of drug-likeness (QED) is 0.881. The van der Waals surface area contributed by atoms with Gasteiger partial charge < -0.3 is 5.32 Å².